The van der Waals surface area contributed by atoms with Crippen LogP contribution in [0.25, 0.3) is 0 Å². The van der Waals surface area contributed by atoms with Gasteiger partial charge in [0.1, 0.15) is 5.75 Å². The Hall–Kier alpha value is -2.70. The second kappa shape index (κ2) is 7.72. The van der Waals surface area contributed by atoms with Crippen LogP contribution in [0, 0.1) is 24.4 Å². The molecule has 1 amide bonds. The quantitative estimate of drug-likeness (QED) is 0.787. The third-order valence-corrected chi connectivity index (χ3v) is 3.33. The van der Waals surface area contributed by atoms with Gasteiger partial charge in [0, 0.05) is 13.0 Å². The summed E-state index contributed by atoms with van der Waals surface area (Å²) in [6, 6.07) is 7.29. The number of anilines is 2. The lowest BCUT2D eigenvalue weighted by Gasteiger charge is -2.12. The first-order valence-corrected chi connectivity index (χ1v) is 7.24. The number of methoxy groups -OCH3 is 1. The molecule has 0 aliphatic carbocycles. The van der Waals surface area contributed by atoms with E-state index in [2.05, 4.69) is 10.6 Å². The molecule has 0 fully saturated rings. The topological polar surface area (TPSA) is 50.4 Å². The Morgan fingerprint density at radius 3 is 2.54 bits per heavy atom. The van der Waals surface area contributed by atoms with Crippen molar-refractivity contribution in [3.8, 4) is 5.75 Å². The van der Waals surface area contributed by atoms with E-state index in [1.54, 1.807) is 6.07 Å². The lowest BCUT2D eigenvalue weighted by Crippen LogP contribution is -2.17. The number of hydrogen-bond donors (Lipinski definition) is 2. The van der Waals surface area contributed by atoms with Crippen LogP contribution in [0.3, 0.4) is 0 Å². The maximum absolute atomic E-state index is 13.5. The number of carbonyl (C=O) groups excluding carboxylic acids is 1. The zero-order valence-electron chi connectivity index (χ0n) is 13.3. The van der Waals surface area contributed by atoms with Crippen molar-refractivity contribution in [3.05, 3.63) is 53.3 Å². The number of amides is 1. The molecular weight excluding hydrogens is 321 g/mol. The molecule has 7 heteroatoms. The third kappa shape index (κ3) is 4.18. The van der Waals surface area contributed by atoms with E-state index in [0.717, 1.165) is 23.4 Å². The molecule has 0 saturated carbocycles. The van der Waals surface area contributed by atoms with Crippen LogP contribution in [-0.2, 0) is 4.79 Å². The summed E-state index contributed by atoms with van der Waals surface area (Å²) in [5, 5.41) is 5.26. The van der Waals surface area contributed by atoms with Crippen molar-refractivity contribution in [2.45, 2.75) is 13.3 Å². The largest absolute Gasteiger partial charge is 0.495 e. The van der Waals surface area contributed by atoms with Crippen LogP contribution in [-0.4, -0.2) is 19.6 Å². The molecule has 128 valence electrons. The van der Waals surface area contributed by atoms with Gasteiger partial charge in [0.25, 0.3) is 0 Å². The first kappa shape index (κ1) is 17.7. The smallest absolute Gasteiger partial charge is 0.226 e. The van der Waals surface area contributed by atoms with Gasteiger partial charge >= 0.3 is 0 Å². The molecule has 2 N–H and O–H groups in total. The number of aryl methyl sites for hydroxylation is 1. The zero-order valence-corrected chi connectivity index (χ0v) is 13.3. The minimum Gasteiger partial charge on any atom is -0.495 e. The molecule has 0 aliphatic heterocycles. The fraction of sp³-hybridized carbons (Fsp3) is 0.235. The predicted octanol–water partition coefficient (Wildman–Crippen LogP) is 3.86. The van der Waals surface area contributed by atoms with Crippen molar-refractivity contribution in [3.63, 3.8) is 0 Å². The van der Waals surface area contributed by atoms with Crippen LogP contribution >= 0.6 is 0 Å². The molecule has 0 spiro atoms. The first-order valence-electron chi connectivity index (χ1n) is 7.24. The maximum Gasteiger partial charge on any atom is 0.226 e. The highest BCUT2D eigenvalue weighted by atomic mass is 19.2. The molecule has 0 unspecified atom stereocenters. The van der Waals surface area contributed by atoms with Gasteiger partial charge in [0.2, 0.25) is 5.91 Å². The van der Waals surface area contributed by atoms with Gasteiger partial charge < -0.3 is 15.4 Å². The van der Waals surface area contributed by atoms with Crippen LogP contribution in [0.1, 0.15) is 12.0 Å². The van der Waals surface area contributed by atoms with Gasteiger partial charge in [0.15, 0.2) is 17.5 Å². The van der Waals surface area contributed by atoms with Crippen LogP contribution in [0.5, 0.6) is 5.75 Å². The van der Waals surface area contributed by atoms with Crippen molar-refractivity contribution in [2.75, 3.05) is 24.3 Å². The van der Waals surface area contributed by atoms with Crippen LogP contribution in [0.4, 0.5) is 24.5 Å². The highest BCUT2D eigenvalue weighted by Crippen LogP contribution is 2.25. The summed E-state index contributed by atoms with van der Waals surface area (Å²) in [6.07, 6.45) is 0.00946. The van der Waals surface area contributed by atoms with E-state index in [0.29, 0.717) is 5.75 Å². The van der Waals surface area contributed by atoms with Crippen LogP contribution in [0.15, 0.2) is 30.3 Å². The summed E-state index contributed by atoms with van der Waals surface area (Å²) in [4.78, 5) is 11.8. The van der Waals surface area contributed by atoms with Crippen LogP contribution in [0.2, 0.25) is 0 Å². The molecule has 24 heavy (non-hydrogen) atoms. The summed E-state index contributed by atoms with van der Waals surface area (Å²) in [5.41, 5.74) is 1.35. The molecule has 0 aliphatic rings. The predicted molar refractivity (Wildman–Crippen MR) is 85.8 cm³/mol. The zero-order chi connectivity index (χ0) is 17.7. The van der Waals surface area contributed by atoms with Crippen molar-refractivity contribution in [2.24, 2.45) is 0 Å². The molecule has 2 aromatic rings. The molecule has 0 bridgehead atoms. The first-order chi connectivity index (χ1) is 11.4. The fourth-order valence-electron chi connectivity index (χ4n) is 2.11. The van der Waals surface area contributed by atoms with Gasteiger partial charge in [-0.2, -0.15) is 0 Å². The van der Waals surface area contributed by atoms with Gasteiger partial charge in [0.05, 0.1) is 18.5 Å². The minimum absolute atomic E-state index is 0.00946. The number of halogens is 3. The molecule has 2 aromatic carbocycles. The normalized spacial score (nSPS) is 10.4. The standard InChI is InChI=1S/C17H17F3N2O2/c1-10-3-6-14(24-2)13(9-10)21-8-7-15(23)22-12-5-4-11(18)16(19)17(12)20/h3-6,9,21H,7-8H2,1-2H3,(H,22,23). The van der Waals surface area contributed by atoms with Crippen LogP contribution < -0.4 is 15.4 Å². The van der Waals surface area contributed by atoms with Gasteiger partial charge in [-0.15, -0.1) is 0 Å². The van der Waals surface area contributed by atoms with E-state index >= 15 is 0 Å². The molecule has 4 nitrogen and oxygen atoms in total. The Morgan fingerprint density at radius 1 is 1.08 bits per heavy atom. The molecule has 0 aromatic heterocycles. The third-order valence-electron chi connectivity index (χ3n) is 3.33. The molecule has 0 saturated heterocycles. The Bertz CT molecular complexity index is 751. The van der Waals surface area contributed by atoms with E-state index in [1.807, 2.05) is 19.1 Å². The minimum atomic E-state index is -1.62. The van der Waals surface area contributed by atoms with Gasteiger partial charge in [-0.3, -0.25) is 4.79 Å². The number of benzene rings is 2. The van der Waals surface area contributed by atoms with Gasteiger partial charge in [-0.1, -0.05) is 6.07 Å². The number of ether oxygens (including phenoxy) is 1. The van der Waals surface area contributed by atoms with E-state index in [1.165, 1.54) is 7.11 Å². The average molecular weight is 338 g/mol. The second-order valence-corrected chi connectivity index (χ2v) is 5.15. The summed E-state index contributed by atoms with van der Waals surface area (Å²) < 4.78 is 44.6. The number of carbonyl (C=O) groups is 1. The summed E-state index contributed by atoms with van der Waals surface area (Å²) >= 11 is 0. The van der Waals surface area contributed by atoms with Crippen molar-refractivity contribution < 1.29 is 22.7 Å². The number of hydrogen-bond acceptors (Lipinski definition) is 3. The highest BCUT2D eigenvalue weighted by Gasteiger charge is 2.15. The van der Waals surface area contributed by atoms with E-state index in [9.17, 15) is 18.0 Å². The Balaban J connectivity index is 1.93. The Labute approximate surface area is 137 Å². The molecule has 0 atom stereocenters. The maximum atomic E-state index is 13.5. The Kier molecular flexibility index (Phi) is 5.68. The number of nitrogens with one attached hydrogen (secondary N) is 2. The second-order valence-electron chi connectivity index (χ2n) is 5.15. The SMILES string of the molecule is COc1ccc(C)cc1NCCC(=O)Nc1ccc(F)c(F)c1F. The van der Waals surface area contributed by atoms with Crippen molar-refractivity contribution in [1.82, 2.24) is 0 Å². The lowest BCUT2D eigenvalue weighted by atomic mass is 10.2. The highest BCUT2D eigenvalue weighted by molar-refractivity contribution is 5.91. The molecular formula is C17H17F3N2O2. The van der Waals surface area contributed by atoms with E-state index in [4.69, 9.17) is 4.74 Å². The summed E-state index contributed by atoms with van der Waals surface area (Å²) in [7, 11) is 1.54. The van der Waals surface area contributed by atoms with Crippen molar-refractivity contribution in [1.29, 1.82) is 0 Å². The Morgan fingerprint density at radius 2 is 1.83 bits per heavy atom. The summed E-state index contributed by atoms with van der Waals surface area (Å²) in [6.45, 7) is 2.18. The van der Waals surface area contributed by atoms with Gasteiger partial charge in [-0.05, 0) is 36.8 Å². The van der Waals surface area contributed by atoms with Crippen molar-refractivity contribution >= 4 is 17.3 Å². The van der Waals surface area contributed by atoms with E-state index in [-0.39, 0.29) is 13.0 Å². The average Bonchev–Trinajstić information content (AvgIpc) is 2.56. The summed E-state index contributed by atoms with van der Waals surface area (Å²) in [5.74, 6) is -4.24. The molecule has 0 radical (unpaired) electrons. The molecule has 0 heterocycles. The monoisotopic (exact) mass is 338 g/mol. The number of rotatable bonds is 6. The fourth-order valence-corrected chi connectivity index (χ4v) is 2.11. The lowest BCUT2D eigenvalue weighted by molar-refractivity contribution is -0.116. The van der Waals surface area contributed by atoms with Gasteiger partial charge in [-0.25, -0.2) is 13.2 Å². The molecule has 2 rings (SSSR count). The van der Waals surface area contributed by atoms with E-state index < -0.39 is 29.0 Å².